The average molecular weight is 390 g/mol. The fourth-order valence-electron chi connectivity index (χ4n) is 2.96. The van der Waals surface area contributed by atoms with E-state index < -0.39 is 0 Å². The Morgan fingerprint density at radius 3 is 2.50 bits per heavy atom. The zero-order valence-corrected chi connectivity index (χ0v) is 15.2. The third kappa shape index (κ3) is 3.61. The van der Waals surface area contributed by atoms with Gasteiger partial charge in [-0.3, -0.25) is 4.79 Å². The summed E-state index contributed by atoms with van der Waals surface area (Å²) in [6.45, 7) is 0.637. The number of carbonyl (C=O) groups is 1. The Labute approximate surface area is 149 Å². The highest BCUT2D eigenvalue weighted by atomic mass is 79.9. The normalized spacial score (nSPS) is 13.8. The van der Waals surface area contributed by atoms with Crippen LogP contribution in [0.2, 0.25) is 0 Å². The minimum absolute atomic E-state index is 0.0417. The molecule has 1 heterocycles. The number of aryl methyl sites for hydroxylation is 1. The van der Waals surface area contributed by atoms with Crippen LogP contribution in [0.5, 0.6) is 0 Å². The Kier molecular flexibility index (Phi) is 5.19. The van der Waals surface area contributed by atoms with Gasteiger partial charge in [0.15, 0.2) is 0 Å². The second-order valence-corrected chi connectivity index (χ2v) is 6.63. The lowest BCUT2D eigenvalue weighted by Crippen LogP contribution is -2.24. The maximum Gasteiger partial charge on any atom is 0.337 e. The molecule has 0 atom stereocenters. The van der Waals surface area contributed by atoms with Gasteiger partial charge in [0.05, 0.1) is 12.7 Å². The highest BCUT2D eigenvalue weighted by Gasteiger charge is 2.27. The van der Waals surface area contributed by atoms with Crippen molar-refractivity contribution >= 4 is 21.9 Å². The average Bonchev–Trinajstić information content (AvgIpc) is 3.45. The summed E-state index contributed by atoms with van der Waals surface area (Å²) in [7, 11) is 1.37. The van der Waals surface area contributed by atoms with Crippen molar-refractivity contribution < 1.29 is 9.53 Å². The van der Waals surface area contributed by atoms with Gasteiger partial charge in [0, 0.05) is 23.6 Å². The number of esters is 1. The second-order valence-electron chi connectivity index (χ2n) is 6.07. The zero-order valence-electron chi connectivity index (χ0n) is 13.6. The minimum Gasteiger partial charge on any atom is -0.465 e. The molecule has 1 fully saturated rings. The summed E-state index contributed by atoms with van der Waals surface area (Å²) >= 11 is 3.54. The quantitative estimate of drug-likeness (QED) is 0.559. The fourth-order valence-corrected chi connectivity index (χ4v) is 3.59. The molecule has 1 aliphatic rings. The summed E-state index contributed by atoms with van der Waals surface area (Å²) < 4.78 is 6.57. The van der Waals surface area contributed by atoms with Crippen LogP contribution in [0.25, 0.3) is 0 Å². The number of pyridine rings is 1. The Morgan fingerprint density at radius 2 is 1.92 bits per heavy atom. The predicted octanol–water partition coefficient (Wildman–Crippen LogP) is 3.65. The lowest BCUT2D eigenvalue weighted by Gasteiger charge is -2.15. The second kappa shape index (κ2) is 7.34. The summed E-state index contributed by atoms with van der Waals surface area (Å²) in [4.78, 5) is 23.7. The van der Waals surface area contributed by atoms with Crippen molar-refractivity contribution in [2.24, 2.45) is 0 Å². The third-order valence-electron chi connectivity index (χ3n) is 4.47. The summed E-state index contributed by atoms with van der Waals surface area (Å²) in [6, 6.07) is 11.0. The van der Waals surface area contributed by atoms with Gasteiger partial charge in [0.1, 0.15) is 0 Å². The van der Waals surface area contributed by atoms with Crippen molar-refractivity contribution in [1.29, 1.82) is 0 Å². The summed E-state index contributed by atoms with van der Waals surface area (Å²) in [5.41, 5.74) is 4.06. The number of nitrogens with zero attached hydrogens (tertiary/aromatic N) is 1. The number of aromatic nitrogens is 1. The molecule has 3 rings (SSSR count). The van der Waals surface area contributed by atoms with Crippen LogP contribution in [-0.2, 0) is 23.0 Å². The lowest BCUT2D eigenvalue weighted by atomic mass is 10.1. The third-order valence-corrected chi connectivity index (χ3v) is 5.00. The molecule has 24 heavy (non-hydrogen) atoms. The van der Waals surface area contributed by atoms with E-state index in [1.165, 1.54) is 25.5 Å². The monoisotopic (exact) mass is 389 g/mol. The van der Waals surface area contributed by atoms with E-state index in [0.717, 1.165) is 17.7 Å². The summed E-state index contributed by atoms with van der Waals surface area (Å²) in [5.74, 6) is 0.278. The minimum atomic E-state index is -0.337. The molecule has 0 saturated heterocycles. The molecule has 126 valence electrons. The molecule has 0 unspecified atom stereocenters. The largest absolute Gasteiger partial charge is 0.465 e. The lowest BCUT2D eigenvalue weighted by molar-refractivity contribution is 0.0600. The number of hydrogen-bond donors (Lipinski definition) is 0. The Hall–Kier alpha value is -1.88. The molecule has 2 aromatic rings. The van der Waals surface area contributed by atoms with Crippen LogP contribution in [0.15, 0.2) is 41.2 Å². The van der Waals surface area contributed by atoms with E-state index in [-0.39, 0.29) is 11.5 Å². The van der Waals surface area contributed by atoms with Gasteiger partial charge in [-0.15, -0.1) is 0 Å². The highest BCUT2D eigenvalue weighted by molar-refractivity contribution is 9.08. The van der Waals surface area contributed by atoms with E-state index in [9.17, 15) is 9.59 Å². The number of hydrogen-bond acceptors (Lipinski definition) is 3. The van der Waals surface area contributed by atoms with E-state index in [1.54, 1.807) is 18.2 Å². The molecule has 0 bridgehead atoms. The van der Waals surface area contributed by atoms with Crippen LogP contribution in [0.4, 0.5) is 0 Å². The number of rotatable bonds is 6. The summed E-state index contributed by atoms with van der Waals surface area (Å²) in [6.07, 6.45) is 3.18. The Morgan fingerprint density at radius 1 is 1.21 bits per heavy atom. The number of alkyl halides is 1. The molecule has 0 N–H and O–H groups in total. The van der Waals surface area contributed by atoms with Crippen LogP contribution in [-0.4, -0.2) is 17.6 Å². The standard InChI is InChI=1S/C19H20BrNO3/c1-24-19(23)15-4-2-13(3-5-15)10-11-21-17(12-20)16(14-6-7-14)8-9-18(21)22/h2-5,8-9,14H,6-7,10-12H2,1H3. The van der Waals surface area contributed by atoms with Gasteiger partial charge < -0.3 is 9.30 Å². The van der Waals surface area contributed by atoms with Crippen molar-refractivity contribution in [3.8, 4) is 0 Å². The van der Waals surface area contributed by atoms with E-state index in [1.807, 2.05) is 22.8 Å². The SMILES string of the molecule is COC(=O)c1ccc(CCn2c(CBr)c(C3CC3)ccc2=O)cc1. The molecule has 5 heteroatoms. The fraction of sp³-hybridized carbons (Fsp3) is 0.368. The Balaban J connectivity index is 1.78. The molecule has 0 spiro atoms. The van der Waals surface area contributed by atoms with Crippen LogP contribution >= 0.6 is 15.9 Å². The van der Waals surface area contributed by atoms with Crippen molar-refractivity contribution in [1.82, 2.24) is 4.57 Å². The molecular formula is C19H20BrNO3. The molecule has 4 nitrogen and oxygen atoms in total. The highest BCUT2D eigenvalue weighted by Crippen LogP contribution is 2.41. The van der Waals surface area contributed by atoms with E-state index in [0.29, 0.717) is 23.4 Å². The molecule has 1 aromatic carbocycles. The van der Waals surface area contributed by atoms with E-state index >= 15 is 0 Å². The number of halogens is 1. The van der Waals surface area contributed by atoms with Crippen molar-refractivity contribution in [2.75, 3.05) is 7.11 Å². The van der Waals surface area contributed by atoms with E-state index in [2.05, 4.69) is 15.9 Å². The topological polar surface area (TPSA) is 48.3 Å². The van der Waals surface area contributed by atoms with Gasteiger partial charge in [-0.2, -0.15) is 0 Å². The predicted molar refractivity (Wildman–Crippen MR) is 96.8 cm³/mol. The van der Waals surface area contributed by atoms with Crippen LogP contribution in [0.3, 0.4) is 0 Å². The van der Waals surface area contributed by atoms with Crippen molar-refractivity contribution in [3.63, 3.8) is 0 Å². The van der Waals surface area contributed by atoms with Gasteiger partial charge in [-0.25, -0.2) is 4.79 Å². The first kappa shape index (κ1) is 17.0. The first-order valence-electron chi connectivity index (χ1n) is 8.10. The molecular weight excluding hydrogens is 370 g/mol. The molecule has 1 aliphatic carbocycles. The molecule has 0 amide bonds. The molecule has 1 saturated carbocycles. The van der Waals surface area contributed by atoms with Gasteiger partial charge in [-0.1, -0.05) is 34.1 Å². The van der Waals surface area contributed by atoms with E-state index in [4.69, 9.17) is 4.74 Å². The first-order chi connectivity index (χ1) is 11.6. The van der Waals surface area contributed by atoms with Crippen LogP contribution in [0.1, 0.15) is 45.9 Å². The summed E-state index contributed by atoms with van der Waals surface area (Å²) in [5, 5.41) is 0.691. The van der Waals surface area contributed by atoms with Gasteiger partial charge >= 0.3 is 5.97 Å². The smallest absolute Gasteiger partial charge is 0.337 e. The zero-order chi connectivity index (χ0) is 17.1. The number of carbonyl (C=O) groups excluding carboxylic acids is 1. The number of ether oxygens (including phenoxy) is 1. The van der Waals surface area contributed by atoms with Crippen LogP contribution in [0, 0.1) is 0 Å². The molecule has 1 aromatic heterocycles. The van der Waals surface area contributed by atoms with Crippen LogP contribution < -0.4 is 5.56 Å². The van der Waals surface area contributed by atoms with Crippen molar-refractivity contribution in [3.05, 3.63) is 69.1 Å². The Bertz CT molecular complexity index is 791. The van der Waals surface area contributed by atoms with Gasteiger partial charge in [-0.05, 0) is 48.4 Å². The molecule has 0 aliphatic heterocycles. The maximum absolute atomic E-state index is 12.3. The van der Waals surface area contributed by atoms with Crippen molar-refractivity contribution in [2.45, 2.75) is 37.1 Å². The van der Waals surface area contributed by atoms with Gasteiger partial charge in [0.25, 0.3) is 5.56 Å². The number of methoxy groups -OCH3 is 1. The number of benzene rings is 1. The first-order valence-corrected chi connectivity index (χ1v) is 9.22. The maximum atomic E-state index is 12.3. The van der Waals surface area contributed by atoms with Gasteiger partial charge in [0.2, 0.25) is 0 Å². The molecule has 0 radical (unpaired) electrons.